The molecule has 0 saturated carbocycles. The van der Waals surface area contributed by atoms with Crippen molar-refractivity contribution in [3.05, 3.63) is 35.9 Å². The summed E-state index contributed by atoms with van der Waals surface area (Å²) in [7, 11) is 0. The highest BCUT2D eigenvalue weighted by Crippen LogP contribution is 2.23. The lowest BCUT2D eigenvalue weighted by molar-refractivity contribution is -0.148. The van der Waals surface area contributed by atoms with Crippen molar-refractivity contribution in [3.8, 4) is 0 Å². The van der Waals surface area contributed by atoms with Gasteiger partial charge in [0.05, 0.1) is 37.4 Å². The molecule has 103 heavy (non-hydrogen) atoms. The number of hydrogen-bond acceptors (Lipinski definition) is 22. The van der Waals surface area contributed by atoms with E-state index in [1.54, 1.807) is 58.0 Å². The van der Waals surface area contributed by atoms with Crippen molar-refractivity contribution in [2.75, 3.05) is 32.8 Å². The van der Waals surface area contributed by atoms with Crippen LogP contribution in [0, 0.1) is 11.8 Å². The summed E-state index contributed by atoms with van der Waals surface area (Å²) in [4.78, 5) is 206. The summed E-state index contributed by atoms with van der Waals surface area (Å²) in [5, 5.41) is 85.9. The third kappa shape index (κ3) is 28.6. The minimum Gasteiger partial charge on any atom is -0.481 e. The minimum atomic E-state index is -1.95. The third-order valence-electron chi connectivity index (χ3n) is 17.3. The quantitative estimate of drug-likeness (QED) is 0.0270. The van der Waals surface area contributed by atoms with Crippen LogP contribution < -0.4 is 76.1 Å². The Bertz CT molecular complexity index is 3070. The second kappa shape index (κ2) is 43.8. The number of unbranched alkanes of at least 4 members (excludes halogenated alkanes) is 2. The molecule has 0 aliphatic carbocycles. The van der Waals surface area contributed by atoms with E-state index < -0.39 is 217 Å². The third-order valence-corrected chi connectivity index (χ3v) is 17.3. The van der Waals surface area contributed by atoms with Crippen molar-refractivity contribution < 1.29 is 103 Å². The molecule has 37 heteroatoms. The molecule has 0 spiro atoms. The zero-order valence-electron chi connectivity index (χ0n) is 59.4. The molecule has 1 aromatic rings. The second-order valence-corrected chi connectivity index (χ2v) is 26.8. The van der Waals surface area contributed by atoms with E-state index in [-0.39, 0.29) is 76.9 Å². The molecule has 0 unspecified atom stereocenters. The van der Waals surface area contributed by atoms with Gasteiger partial charge in [0.15, 0.2) is 0 Å². The van der Waals surface area contributed by atoms with Gasteiger partial charge in [-0.3, -0.25) is 67.1 Å². The summed E-state index contributed by atoms with van der Waals surface area (Å²) in [5.41, 5.74) is 23.4. The first-order chi connectivity index (χ1) is 48.5. The number of carbonyl (C=O) groups excluding carboxylic acids is 13. The number of primary amides is 1. The van der Waals surface area contributed by atoms with E-state index in [0.717, 1.165) is 16.7 Å². The van der Waals surface area contributed by atoms with Crippen LogP contribution in [0.15, 0.2) is 30.3 Å². The minimum absolute atomic E-state index is 0.0276. The molecule has 2 fully saturated rings. The Kier molecular flexibility index (Phi) is 37.5. The van der Waals surface area contributed by atoms with E-state index in [2.05, 4.69) is 47.9 Å². The van der Waals surface area contributed by atoms with Gasteiger partial charge in [0.1, 0.15) is 72.5 Å². The molecule has 2 heterocycles. The number of nitrogens with zero attached hydrogens (tertiary/aromatic N) is 2. The first-order valence-electron chi connectivity index (χ1n) is 34.7. The van der Waals surface area contributed by atoms with Crippen LogP contribution in [0.1, 0.15) is 144 Å². The topological polar surface area (TPSA) is 608 Å². The second-order valence-electron chi connectivity index (χ2n) is 26.8. The fourth-order valence-electron chi connectivity index (χ4n) is 11.6. The van der Waals surface area contributed by atoms with Crippen LogP contribution in [-0.2, 0) is 78.3 Å². The van der Waals surface area contributed by atoms with Gasteiger partial charge >= 0.3 is 11.9 Å². The summed E-state index contributed by atoms with van der Waals surface area (Å²) in [6, 6.07) is -11.9. The van der Waals surface area contributed by atoms with Crippen LogP contribution in [-0.4, -0.2) is 259 Å². The number of rotatable bonds is 45. The van der Waals surface area contributed by atoms with E-state index in [4.69, 9.17) is 28.0 Å². The molecular formula is C66H108N16O21. The Morgan fingerprint density at radius 2 is 0.913 bits per heavy atom. The van der Waals surface area contributed by atoms with Crippen LogP contribution in [0.25, 0.3) is 0 Å². The highest BCUT2D eigenvalue weighted by atomic mass is 16.4. The number of hydrogen-bond donors (Lipinski definition) is 20. The van der Waals surface area contributed by atoms with E-state index in [1.807, 2.05) is 5.32 Å². The zero-order valence-corrected chi connectivity index (χ0v) is 59.4. The molecule has 0 radical (unpaired) electrons. The smallest absolute Gasteiger partial charge is 0.326 e. The predicted molar refractivity (Wildman–Crippen MR) is 367 cm³/mol. The SMILES string of the molecule is CC(C)C[C@H](NC(=O)[C@H](CCC(N)=O)NC(=O)[C@H](CCCCN)NC(=O)[C@H](Cc1ccccc1)NC(=O)[C@@H](NC(=O)[C@@H]1CCCN1C(=O)[C@@H](NC(=O)[C@@H](NC(=O)[C@@H](N)CCCCN)C(C)C)[C@@H](C)O)[C@@H](C)O)C(=O)N[C@@H](CO)C(=O)N1CCC[C@H]1C(=O)N[C@H](C(=O)N[C@@H](CC(=O)O)C(=O)O)[C@@H](C)O. The maximum absolute atomic E-state index is 14.7. The van der Waals surface area contributed by atoms with Gasteiger partial charge in [0.25, 0.3) is 0 Å². The lowest BCUT2D eigenvalue weighted by Gasteiger charge is -2.32. The lowest BCUT2D eigenvalue weighted by atomic mass is 10.0. The molecule has 2 aliphatic heterocycles. The number of aliphatic hydroxyl groups excluding tert-OH is 4. The zero-order chi connectivity index (χ0) is 77.5. The number of carboxylic acid groups (broad SMARTS) is 2. The standard InChI is InChI=1S/C66H108N16O21/c1-33(2)29-42(57(93)76-45(32-83)64(100)81-27-15-21-46(81)59(95)79-52(36(6)85)63(99)75-44(66(102)103)31-49(88)89)73-56(92)41(23-24-48(70)87)72-55(91)40(20-12-14-26-68)71-58(94)43(30-38-17-9-8-10-18-38)74-62(98)51(35(5)84)78-60(96)47-22-16-28-82(47)65(101)53(37(7)86)80-61(97)50(34(3)4)77-54(90)39(69)19-11-13-25-67/h8-10,17-18,33-37,39-47,50-53,83-86H,11-16,19-32,67-69H2,1-7H3,(H2,70,87)(H,71,94)(H,72,91)(H,73,92)(H,74,98)(H,75,99)(H,76,93)(H,77,90)(H,78,96)(H,79,95)(H,80,97)(H,88,89)(H,102,103)/t35-,36-,37-,39+,40+,41+,42+,43+,44+,45+,46+,47+,50+,51+,52+,53+/m1/s1. The molecule has 2 aliphatic rings. The monoisotopic (exact) mass is 1460 g/mol. The van der Waals surface area contributed by atoms with E-state index >= 15 is 0 Å². The highest BCUT2D eigenvalue weighted by Gasteiger charge is 2.44. The van der Waals surface area contributed by atoms with Crippen molar-refractivity contribution in [2.45, 2.75) is 242 Å². The largest absolute Gasteiger partial charge is 0.481 e. The fraction of sp³-hybridized carbons (Fsp3) is 0.682. The van der Waals surface area contributed by atoms with Gasteiger partial charge in [0, 0.05) is 25.9 Å². The fourth-order valence-corrected chi connectivity index (χ4v) is 11.6. The van der Waals surface area contributed by atoms with Crippen molar-refractivity contribution in [3.63, 3.8) is 0 Å². The molecule has 1 aromatic carbocycles. The van der Waals surface area contributed by atoms with Gasteiger partial charge in [-0.25, -0.2) is 4.79 Å². The summed E-state index contributed by atoms with van der Waals surface area (Å²) in [5.74, 6) is -16.8. The molecule has 578 valence electrons. The Balaban J connectivity index is 1.89. The van der Waals surface area contributed by atoms with Gasteiger partial charge in [-0.15, -0.1) is 0 Å². The molecule has 3 rings (SSSR count). The van der Waals surface area contributed by atoms with Crippen molar-refractivity contribution in [2.24, 2.45) is 34.8 Å². The first-order valence-corrected chi connectivity index (χ1v) is 34.7. The van der Waals surface area contributed by atoms with Crippen molar-refractivity contribution >= 4 is 88.7 Å². The van der Waals surface area contributed by atoms with Gasteiger partial charge in [0.2, 0.25) is 76.8 Å². The highest BCUT2D eigenvalue weighted by molar-refractivity contribution is 6.00. The predicted octanol–water partition coefficient (Wildman–Crippen LogP) is -6.69. The summed E-state index contributed by atoms with van der Waals surface area (Å²) < 4.78 is 0. The van der Waals surface area contributed by atoms with Crippen LogP contribution >= 0.6 is 0 Å². The van der Waals surface area contributed by atoms with Crippen LogP contribution in [0.2, 0.25) is 0 Å². The number of aliphatic hydroxyl groups is 4. The molecule has 37 nitrogen and oxygen atoms in total. The molecular weight excluding hydrogens is 1350 g/mol. The maximum Gasteiger partial charge on any atom is 0.326 e. The van der Waals surface area contributed by atoms with E-state index in [1.165, 1.54) is 13.8 Å². The summed E-state index contributed by atoms with van der Waals surface area (Å²) >= 11 is 0. The molecule has 16 atom stereocenters. The summed E-state index contributed by atoms with van der Waals surface area (Å²) in [6.45, 7) is 9.45. The molecule has 0 aromatic heterocycles. The Hall–Kier alpha value is -9.01. The van der Waals surface area contributed by atoms with Crippen molar-refractivity contribution in [1.82, 2.24) is 63.0 Å². The average Bonchev–Trinajstić information content (AvgIpc) is 1.78. The lowest BCUT2D eigenvalue weighted by Crippen LogP contribution is -2.63. The Morgan fingerprint density at radius 3 is 1.37 bits per heavy atom. The molecule has 2 saturated heterocycles. The summed E-state index contributed by atoms with van der Waals surface area (Å²) in [6.07, 6.45) is -4.99. The number of carboxylic acids is 2. The normalized spacial score (nSPS) is 18.4. The Morgan fingerprint density at radius 1 is 0.485 bits per heavy atom. The van der Waals surface area contributed by atoms with Crippen LogP contribution in [0.4, 0.5) is 0 Å². The van der Waals surface area contributed by atoms with Crippen LogP contribution in [0.5, 0.6) is 0 Å². The number of amides is 13. The number of carbonyl (C=O) groups is 15. The van der Waals surface area contributed by atoms with Crippen LogP contribution in [0.3, 0.4) is 0 Å². The van der Waals surface area contributed by atoms with Gasteiger partial charge < -0.3 is 117 Å². The average molecular weight is 1460 g/mol. The van der Waals surface area contributed by atoms with Gasteiger partial charge in [-0.05, 0) is 122 Å². The molecule has 0 bridgehead atoms. The number of benzene rings is 1. The maximum atomic E-state index is 14.7. The number of nitrogens with two attached hydrogens (primary N) is 4. The van der Waals surface area contributed by atoms with Crippen molar-refractivity contribution in [1.29, 1.82) is 0 Å². The first kappa shape index (κ1) is 88.2. The Labute approximate surface area is 597 Å². The number of nitrogens with one attached hydrogen (secondary N) is 10. The van der Waals surface area contributed by atoms with E-state index in [0.29, 0.717) is 37.8 Å². The van der Waals surface area contributed by atoms with Gasteiger partial charge in [-0.1, -0.05) is 64.4 Å². The van der Waals surface area contributed by atoms with E-state index in [9.17, 15) is 97.5 Å². The van der Waals surface area contributed by atoms with Gasteiger partial charge in [-0.2, -0.15) is 0 Å². The molecule has 13 amide bonds. The number of aliphatic carboxylic acids is 2. The number of likely N-dealkylation sites (tertiary alicyclic amines) is 2. The molecule has 24 N–H and O–H groups in total.